The summed E-state index contributed by atoms with van der Waals surface area (Å²) in [5, 5.41) is 12.2. The molecule has 1 aliphatic rings. The third-order valence-electron chi connectivity index (χ3n) is 3.14. The molecule has 2 heteroatoms. The standard InChI is InChI=1S/C15H18N2/c16-11-14-6-3-7-15(10-14)12-17-9-8-13-4-1-2-5-13/h3-4,6-7,10,17H,1-2,5,8-9,12H2. The Hall–Kier alpha value is -1.59. The van der Waals surface area contributed by atoms with Gasteiger partial charge in [-0.3, -0.25) is 0 Å². The van der Waals surface area contributed by atoms with Gasteiger partial charge in [0.05, 0.1) is 11.6 Å². The lowest BCUT2D eigenvalue weighted by Crippen LogP contribution is -2.15. The summed E-state index contributed by atoms with van der Waals surface area (Å²) < 4.78 is 0. The second-order valence-electron chi connectivity index (χ2n) is 4.49. The Labute approximate surface area is 103 Å². The van der Waals surface area contributed by atoms with Crippen molar-refractivity contribution < 1.29 is 0 Å². The summed E-state index contributed by atoms with van der Waals surface area (Å²) >= 11 is 0. The number of nitriles is 1. The van der Waals surface area contributed by atoms with Gasteiger partial charge in [0.15, 0.2) is 0 Å². The molecule has 0 bridgehead atoms. The fourth-order valence-corrected chi connectivity index (χ4v) is 2.20. The van der Waals surface area contributed by atoms with E-state index in [4.69, 9.17) is 5.26 Å². The first kappa shape index (κ1) is 11.9. The van der Waals surface area contributed by atoms with Gasteiger partial charge in [-0.15, -0.1) is 0 Å². The zero-order chi connectivity index (χ0) is 11.9. The first-order valence-electron chi connectivity index (χ1n) is 6.26. The minimum absolute atomic E-state index is 0.739. The van der Waals surface area contributed by atoms with E-state index < -0.39 is 0 Å². The highest BCUT2D eigenvalue weighted by atomic mass is 14.8. The van der Waals surface area contributed by atoms with E-state index in [1.54, 1.807) is 5.57 Å². The van der Waals surface area contributed by atoms with E-state index in [0.717, 1.165) is 25.1 Å². The van der Waals surface area contributed by atoms with Gasteiger partial charge in [0.1, 0.15) is 0 Å². The molecule has 2 rings (SSSR count). The van der Waals surface area contributed by atoms with Crippen molar-refractivity contribution >= 4 is 0 Å². The molecule has 1 N–H and O–H groups in total. The van der Waals surface area contributed by atoms with Crippen LogP contribution in [-0.2, 0) is 6.54 Å². The monoisotopic (exact) mass is 226 g/mol. The van der Waals surface area contributed by atoms with Crippen LogP contribution in [0.2, 0.25) is 0 Å². The third kappa shape index (κ3) is 3.72. The molecule has 1 aromatic carbocycles. The summed E-state index contributed by atoms with van der Waals surface area (Å²) in [5.74, 6) is 0. The van der Waals surface area contributed by atoms with Gasteiger partial charge < -0.3 is 5.32 Å². The van der Waals surface area contributed by atoms with Crippen molar-refractivity contribution in [3.05, 3.63) is 47.0 Å². The molecule has 0 amide bonds. The van der Waals surface area contributed by atoms with E-state index in [-0.39, 0.29) is 0 Å². The van der Waals surface area contributed by atoms with Gasteiger partial charge in [0.25, 0.3) is 0 Å². The van der Waals surface area contributed by atoms with Crippen LogP contribution in [0.3, 0.4) is 0 Å². The molecule has 1 aromatic rings. The highest BCUT2D eigenvalue weighted by Crippen LogP contribution is 2.19. The molecule has 0 spiro atoms. The lowest BCUT2D eigenvalue weighted by molar-refractivity contribution is 0.676. The molecule has 88 valence electrons. The Kier molecular flexibility index (Phi) is 4.35. The molecular weight excluding hydrogens is 208 g/mol. The Morgan fingerprint density at radius 2 is 2.29 bits per heavy atom. The maximum absolute atomic E-state index is 8.80. The molecule has 0 aromatic heterocycles. The number of nitrogens with one attached hydrogen (secondary N) is 1. The van der Waals surface area contributed by atoms with Crippen molar-refractivity contribution in [3.63, 3.8) is 0 Å². The number of allylic oxidation sites excluding steroid dienone is 1. The predicted molar refractivity (Wildman–Crippen MR) is 69.4 cm³/mol. The molecule has 1 aliphatic carbocycles. The van der Waals surface area contributed by atoms with E-state index in [1.165, 1.54) is 24.8 Å². The molecule has 0 radical (unpaired) electrons. The number of rotatable bonds is 5. The molecule has 0 aliphatic heterocycles. The summed E-state index contributed by atoms with van der Waals surface area (Å²) in [6.07, 6.45) is 7.42. The van der Waals surface area contributed by atoms with E-state index in [2.05, 4.69) is 23.5 Å². The highest BCUT2D eigenvalue weighted by Gasteiger charge is 2.03. The summed E-state index contributed by atoms with van der Waals surface area (Å²) in [6.45, 7) is 1.88. The first-order chi connectivity index (χ1) is 8.38. The van der Waals surface area contributed by atoms with Crippen LogP contribution in [-0.4, -0.2) is 6.54 Å². The zero-order valence-corrected chi connectivity index (χ0v) is 10.1. The van der Waals surface area contributed by atoms with Gasteiger partial charge in [0.2, 0.25) is 0 Å². The number of nitrogens with zero attached hydrogens (tertiary/aromatic N) is 1. The van der Waals surface area contributed by atoms with Crippen LogP contribution < -0.4 is 5.32 Å². The second-order valence-corrected chi connectivity index (χ2v) is 4.49. The fourth-order valence-electron chi connectivity index (χ4n) is 2.20. The van der Waals surface area contributed by atoms with Crippen molar-refractivity contribution in [3.8, 4) is 6.07 Å². The third-order valence-corrected chi connectivity index (χ3v) is 3.14. The maximum atomic E-state index is 8.80. The average molecular weight is 226 g/mol. The first-order valence-corrected chi connectivity index (χ1v) is 6.26. The van der Waals surface area contributed by atoms with Crippen LogP contribution in [0.25, 0.3) is 0 Å². The van der Waals surface area contributed by atoms with Crippen LogP contribution >= 0.6 is 0 Å². The van der Waals surface area contributed by atoms with Gasteiger partial charge in [-0.25, -0.2) is 0 Å². The van der Waals surface area contributed by atoms with Gasteiger partial charge >= 0.3 is 0 Å². The Morgan fingerprint density at radius 3 is 3.06 bits per heavy atom. The van der Waals surface area contributed by atoms with Crippen molar-refractivity contribution in [2.24, 2.45) is 0 Å². The molecule has 17 heavy (non-hydrogen) atoms. The molecule has 0 fully saturated rings. The summed E-state index contributed by atoms with van der Waals surface area (Å²) in [7, 11) is 0. The van der Waals surface area contributed by atoms with Crippen LogP contribution in [0.1, 0.15) is 36.8 Å². The van der Waals surface area contributed by atoms with Crippen LogP contribution in [0.5, 0.6) is 0 Å². The van der Waals surface area contributed by atoms with Crippen molar-refractivity contribution in [1.82, 2.24) is 5.32 Å². The van der Waals surface area contributed by atoms with Gasteiger partial charge in [-0.1, -0.05) is 23.8 Å². The zero-order valence-electron chi connectivity index (χ0n) is 10.1. The minimum Gasteiger partial charge on any atom is -0.312 e. The molecule has 0 saturated heterocycles. The fraction of sp³-hybridized carbons (Fsp3) is 0.400. The van der Waals surface area contributed by atoms with E-state index in [1.807, 2.05) is 18.2 Å². The largest absolute Gasteiger partial charge is 0.312 e. The molecule has 0 unspecified atom stereocenters. The highest BCUT2D eigenvalue weighted by molar-refractivity contribution is 5.32. The summed E-state index contributed by atoms with van der Waals surface area (Å²) in [4.78, 5) is 0. The van der Waals surface area contributed by atoms with E-state index >= 15 is 0 Å². The maximum Gasteiger partial charge on any atom is 0.0991 e. The lowest BCUT2D eigenvalue weighted by atomic mass is 10.1. The van der Waals surface area contributed by atoms with Crippen LogP contribution in [0.4, 0.5) is 0 Å². The Morgan fingerprint density at radius 1 is 1.35 bits per heavy atom. The average Bonchev–Trinajstić information content (AvgIpc) is 2.88. The predicted octanol–water partition coefficient (Wildman–Crippen LogP) is 3.15. The van der Waals surface area contributed by atoms with Crippen molar-refractivity contribution in [2.75, 3.05) is 6.54 Å². The number of benzene rings is 1. The van der Waals surface area contributed by atoms with Gasteiger partial charge in [-0.2, -0.15) is 5.26 Å². The van der Waals surface area contributed by atoms with Gasteiger partial charge in [-0.05, 0) is 49.9 Å². The summed E-state index contributed by atoms with van der Waals surface area (Å²) in [5.41, 5.74) is 3.52. The SMILES string of the molecule is N#Cc1cccc(CNCCC2=CCCC2)c1. The topological polar surface area (TPSA) is 35.8 Å². The smallest absolute Gasteiger partial charge is 0.0991 e. The summed E-state index contributed by atoms with van der Waals surface area (Å²) in [6, 6.07) is 9.95. The van der Waals surface area contributed by atoms with Crippen molar-refractivity contribution in [2.45, 2.75) is 32.2 Å². The van der Waals surface area contributed by atoms with Crippen LogP contribution in [0.15, 0.2) is 35.9 Å². The van der Waals surface area contributed by atoms with E-state index in [0.29, 0.717) is 0 Å². The second kappa shape index (κ2) is 6.22. The van der Waals surface area contributed by atoms with Crippen molar-refractivity contribution in [1.29, 1.82) is 5.26 Å². The molecular formula is C15H18N2. The quantitative estimate of drug-likeness (QED) is 0.618. The molecule has 0 saturated carbocycles. The van der Waals surface area contributed by atoms with Gasteiger partial charge in [0, 0.05) is 6.54 Å². The molecule has 0 heterocycles. The number of hydrogen-bond donors (Lipinski definition) is 1. The molecule has 0 atom stereocenters. The normalized spacial score (nSPS) is 14.4. The Balaban J connectivity index is 1.72. The van der Waals surface area contributed by atoms with E-state index in [9.17, 15) is 0 Å². The molecule has 2 nitrogen and oxygen atoms in total. The minimum atomic E-state index is 0.739. The number of hydrogen-bond acceptors (Lipinski definition) is 2. The van der Waals surface area contributed by atoms with Crippen LogP contribution in [0, 0.1) is 11.3 Å². The Bertz CT molecular complexity index is 440. The lowest BCUT2D eigenvalue weighted by Gasteiger charge is -2.05.